The smallest absolute Gasteiger partial charge is 0.543 e. The van der Waals surface area contributed by atoms with Crippen molar-refractivity contribution in [3.63, 3.8) is 0 Å². The molecule has 0 radical (unpaired) electrons. The maximum atomic E-state index is 12.0. The van der Waals surface area contributed by atoms with Crippen molar-refractivity contribution in [2.24, 2.45) is 0 Å². The molecule has 0 aliphatic rings. The van der Waals surface area contributed by atoms with Gasteiger partial charge in [-0.1, -0.05) is 6.07 Å². The molecule has 84 valence electrons. The summed E-state index contributed by atoms with van der Waals surface area (Å²) in [5.41, 5.74) is -0.225. The zero-order valence-electron chi connectivity index (χ0n) is 9.66. The van der Waals surface area contributed by atoms with Crippen molar-refractivity contribution in [3.8, 4) is 0 Å². The van der Waals surface area contributed by atoms with Crippen LogP contribution in [-0.2, 0) is 0 Å². The zero-order valence-corrected chi connectivity index (χ0v) is 9.66. The Kier molecular flexibility index (Phi) is 4.78. The van der Waals surface area contributed by atoms with Gasteiger partial charge in [-0.15, -0.1) is 0 Å². The monoisotopic (exact) mass is 234 g/mol. The SMILES string of the molecule is O=C(c1ccccn1)c1cccnc1C(=O)[O-].[Li+]. The van der Waals surface area contributed by atoms with Crippen LogP contribution in [0.3, 0.4) is 0 Å². The number of carbonyl (C=O) groups is 2. The molecule has 0 atom stereocenters. The van der Waals surface area contributed by atoms with Gasteiger partial charge in [-0.3, -0.25) is 14.8 Å². The number of carboxylic acid groups (broad SMARTS) is 1. The van der Waals surface area contributed by atoms with Gasteiger partial charge in [0.05, 0.1) is 17.2 Å². The number of rotatable bonds is 3. The van der Waals surface area contributed by atoms with Gasteiger partial charge in [0.15, 0.2) is 0 Å². The van der Waals surface area contributed by atoms with Gasteiger partial charge in [-0.25, -0.2) is 0 Å². The van der Waals surface area contributed by atoms with Gasteiger partial charge in [-0.2, -0.15) is 0 Å². The molecule has 6 heteroatoms. The number of hydrogen-bond donors (Lipinski definition) is 0. The van der Waals surface area contributed by atoms with Crippen LogP contribution in [0.25, 0.3) is 0 Å². The largest absolute Gasteiger partial charge is 1.00 e. The Labute approximate surface area is 115 Å². The Morgan fingerprint density at radius 3 is 2.33 bits per heavy atom. The number of carbonyl (C=O) groups excluding carboxylic acids is 2. The predicted octanol–water partition coefficient (Wildman–Crippen LogP) is -2.92. The maximum absolute atomic E-state index is 12.0. The first-order valence-electron chi connectivity index (χ1n) is 4.82. The van der Waals surface area contributed by atoms with Crippen molar-refractivity contribution in [1.29, 1.82) is 0 Å². The Morgan fingerprint density at radius 1 is 1.00 bits per heavy atom. The summed E-state index contributed by atoms with van der Waals surface area (Å²) in [5.74, 6) is -1.97. The first kappa shape index (κ1) is 14.1. The van der Waals surface area contributed by atoms with Crippen LogP contribution < -0.4 is 24.0 Å². The number of hydrogen-bond acceptors (Lipinski definition) is 5. The van der Waals surface area contributed by atoms with E-state index < -0.39 is 11.8 Å². The Hall–Kier alpha value is -1.96. The number of pyridine rings is 2. The molecule has 18 heavy (non-hydrogen) atoms. The number of nitrogens with zero attached hydrogens (tertiary/aromatic N) is 2. The van der Waals surface area contributed by atoms with Crippen LogP contribution in [0.1, 0.15) is 26.5 Å². The van der Waals surface area contributed by atoms with Crippen LogP contribution in [0.2, 0.25) is 0 Å². The molecule has 0 amide bonds. The van der Waals surface area contributed by atoms with Crippen LogP contribution in [0, 0.1) is 0 Å². The van der Waals surface area contributed by atoms with Crippen molar-refractivity contribution in [1.82, 2.24) is 9.97 Å². The van der Waals surface area contributed by atoms with E-state index in [9.17, 15) is 14.7 Å². The standard InChI is InChI=1S/C12H8N2O3.Li/c15-11(9-5-1-2-6-13-9)8-4-3-7-14-10(8)12(16)17;/h1-7H,(H,16,17);/q;+1/p-1. The Morgan fingerprint density at radius 2 is 1.72 bits per heavy atom. The minimum absolute atomic E-state index is 0. The van der Waals surface area contributed by atoms with Gasteiger partial charge in [0, 0.05) is 12.4 Å². The molecule has 0 aliphatic carbocycles. The molecule has 2 heterocycles. The molecule has 2 rings (SSSR count). The molecular weight excluding hydrogens is 227 g/mol. The topological polar surface area (TPSA) is 83.0 Å². The minimum Gasteiger partial charge on any atom is -0.543 e. The molecule has 5 nitrogen and oxygen atoms in total. The predicted molar refractivity (Wildman–Crippen MR) is 56.2 cm³/mol. The summed E-state index contributed by atoms with van der Waals surface area (Å²) in [6.45, 7) is 0. The van der Waals surface area contributed by atoms with Crippen molar-refractivity contribution in [3.05, 3.63) is 59.7 Å². The Bertz CT molecular complexity index is 573. The molecule has 0 fully saturated rings. The fraction of sp³-hybridized carbons (Fsp3) is 0. The van der Waals surface area contributed by atoms with Gasteiger partial charge in [-0.05, 0) is 24.3 Å². The van der Waals surface area contributed by atoms with Crippen molar-refractivity contribution in [2.45, 2.75) is 0 Å². The van der Waals surface area contributed by atoms with Crippen molar-refractivity contribution >= 4 is 11.8 Å². The maximum Gasteiger partial charge on any atom is 1.00 e. The summed E-state index contributed by atoms with van der Waals surface area (Å²) in [5, 5.41) is 10.8. The second kappa shape index (κ2) is 6.10. The normalized spacial score (nSPS) is 9.33. The molecule has 0 saturated heterocycles. The summed E-state index contributed by atoms with van der Waals surface area (Å²) < 4.78 is 0. The summed E-state index contributed by atoms with van der Waals surface area (Å²) >= 11 is 0. The molecule has 0 saturated carbocycles. The molecule has 0 aromatic carbocycles. The number of aromatic nitrogens is 2. The zero-order chi connectivity index (χ0) is 12.3. The molecule has 0 N–H and O–H groups in total. The first-order valence-corrected chi connectivity index (χ1v) is 4.82. The fourth-order valence-corrected chi connectivity index (χ4v) is 1.39. The first-order chi connectivity index (χ1) is 8.20. The number of carboxylic acids is 1. The second-order valence-corrected chi connectivity index (χ2v) is 3.23. The van der Waals surface area contributed by atoms with Gasteiger partial charge in [0.1, 0.15) is 5.69 Å². The van der Waals surface area contributed by atoms with E-state index in [1.807, 2.05) is 0 Å². The van der Waals surface area contributed by atoms with Gasteiger partial charge in [0.25, 0.3) is 0 Å². The summed E-state index contributed by atoms with van der Waals surface area (Å²) in [6.07, 6.45) is 2.75. The third kappa shape index (κ3) is 2.83. The summed E-state index contributed by atoms with van der Waals surface area (Å²) in [6, 6.07) is 7.70. The summed E-state index contributed by atoms with van der Waals surface area (Å²) in [4.78, 5) is 30.3. The third-order valence-corrected chi connectivity index (χ3v) is 2.14. The van der Waals surface area contributed by atoms with E-state index in [-0.39, 0.29) is 35.8 Å². The van der Waals surface area contributed by atoms with E-state index in [4.69, 9.17) is 0 Å². The molecule has 2 aromatic heterocycles. The summed E-state index contributed by atoms with van der Waals surface area (Å²) in [7, 11) is 0. The van der Waals surface area contributed by atoms with Gasteiger partial charge in [0.2, 0.25) is 5.78 Å². The van der Waals surface area contributed by atoms with E-state index in [1.54, 1.807) is 12.1 Å². The van der Waals surface area contributed by atoms with E-state index >= 15 is 0 Å². The van der Waals surface area contributed by atoms with Crippen LogP contribution in [0.4, 0.5) is 0 Å². The quantitative estimate of drug-likeness (QED) is 0.419. The average molecular weight is 234 g/mol. The van der Waals surface area contributed by atoms with E-state index in [2.05, 4.69) is 9.97 Å². The number of aromatic carboxylic acids is 1. The van der Waals surface area contributed by atoms with Gasteiger partial charge < -0.3 is 9.90 Å². The van der Waals surface area contributed by atoms with E-state index in [0.717, 1.165) is 0 Å². The van der Waals surface area contributed by atoms with Gasteiger partial charge >= 0.3 is 18.9 Å². The van der Waals surface area contributed by atoms with Crippen molar-refractivity contribution < 1.29 is 33.6 Å². The third-order valence-electron chi connectivity index (χ3n) is 2.14. The van der Waals surface area contributed by atoms with Crippen molar-refractivity contribution in [2.75, 3.05) is 0 Å². The molecule has 0 aliphatic heterocycles. The molecule has 0 spiro atoms. The number of ketones is 1. The Balaban J connectivity index is 0.00000162. The fourth-order valence-electron chi connectivity index (χ4n) is 1.39. The van der Waals surface area contributed by atoms with E-state index in [0.29, 0.717) is 0 Å². The van der Waals surface area contributed by atoms with Crippen LogP contribution in [0.5, 0.6) is 0 Å². The average Bonchev–Trinajstić information content (AvgIpc) is 2.39. The van der Waals surface area contributed by atoms with E-state index in [1.165, 1.54) is 30.6 Å². The van der Waals surface area contributed by atoms with Crippen LogP contribution >= 0.6 is 0 Å². The molecular formula is C12H7LiN2O3. The molecule has 2 aromatic rings. The van der Waals surface area contributed by atoms with Crippen LogP contribution in [-0.4, -0.2) is 21.7 Å². The molecule has 0 unspecified atom stereocenters. The second-order valence-electron chi connectivity index (χ2n) is 3.23. The molecule has 0 bridgehead atoms. The van der Waals surface area contributed by atoms with Crippen LogP contribution in [0.15, 0.2) is 42.7 Å². The minimum atomic E-state index is -1.48.